The van der Waals surface area contributed by atoms with Crippen molar-refractivity contribution in [3.63, 3.8) is 0 Å². The summed E-state index contributed by atoms with van der Waals surface area (Å²) in [5.74, 6) is 0.0912. The highest BCUT2D eigenvalue weighted by Gasteiger charge is 2.49. The van der Waals surface area contributed by atoms with Gasteiger partial charge in [0.15, 0.2) is 0 Å². The predicted molar refractivity (Wildman–Crippen MR) is 93.2 cm³/mol. The summed E-state index contributed by atoms with van der Waals surface area (Å²) in [6.45, 7) is 4.83. The predicted octanol–water partition coefficient (Wildman–Crippen LogP) is 3.25. The molecule has 0 saturated carbocycles. The molecule has 2 aromatic rings. The number of likely N-dealkylation sites (tertiary alicyclic amines) is 1. The van der Waals surface area contributed by atoms with Crippen molar-refractivity contribution in [3.05, 3.63) is 48.0 Å². The van der Waals surface area contributed by atoms with E-state index in [-0.39, 0.29) is 17.6 Å². The molecule has 1 spiro atoms. The van der Waals surface area contributed by atoms with Crippen LogP contribution in [0.4, 0.5) is 0 Å². The number of nitrogens with zero attached hydrogens (tertiary/aromatic N) is 1. The molecule has 4 rings (SSSR count). The van der Waals surface area contributed by atoms with Gasteiger partial charge in [0.2, 0.25) is 0 Å². The molecule has 1 amide bonds. The number of rotatable bonds is 3. The number of carbonyl (C=O) groups is 1. The molecule has 24 heavy (non-hydrogen) atoms. The number of hydrogen-bond acceptors (Lipinski definition) is 3. The number of carbonyl (C=O) groups excluding carboxylic acids is 1. The largest absolute Gasteiger partial charge is 0.378 e. The zero-order valence-corrected chi connectivity index (χ0v) is 14.0. The molecule has 2 aliphatic heterocycles. The van der Waals surface area contributed by atoms with E-state index in [0.29, 0.717) is 13.1 Å². The van der Waals surface area contributed by atoms with Crippen LogP contribution >= 0.6 is 0 Å². The highest BCUT2D eigenvalue weighted by molar-refractivity contribution is 5.99. The van der Waals surface area contributed by atoms with Crippen molar-refractivity contribution in [2.45, 2.75) is 31.5 Å². The van der Waals surface area contributed by atoms with Gasteiger partial charge in [-0.1, -0.05) is 30.3 Å². The summed E-state index contributed by atoms with van der Waals surface area (Å²) in [7, 11) is 0. The first-order chi connectivity index (χ1) is 11.7. The molecule has 4 heteroatoms. The molecule has 0 bridgehead atoms. The van der Waals surface area contributed by atoms with Crippen LogP contribution in [-0.2, 0) is 9.47 Å². The Morgan fingerprint density at radius 2 is 2.04 bits per heavy atom. The summed E-state index contributed by atoms with van der Waals surface area (Å²) in [5, 5.41) is 2.26. The van der Waals surface area contributed by atoms with Gasteiger partial charge >= 0.3 is 0 Å². The van der Waals surface area contributed by atoms with Crippen molar-refractivity contribution in [1.29, 1.82) is 0 Å². The molecule has 2 aromatic carbocycles. The third-order valence-electron chi connectivity index (χ3n) is 5.09. The number of hydrogen-bond donors (Lipinski definition) is 0. The molecule has 1 unspecified atom stereocenters. The molecule has 0 aliphatic carbocycles. The van der Waals surface area contributed by atoms with Crippen LogP contribution in [0.25, 0.3) is 10.8 Å². The number of ether oxygens (including phenoxy) is 2. The van der Waals surface area contributed by atoms with Gasteiger partial charge < -0.3 is 14.4 Å². The maximum absolute atomic E-state index is 12.7. The Labute approximate surface area is 142 Å². The second-order valence-corrected chi connectivity index (χ2v) is 6.82. The molecule has 0 N–H and O–H groups in total. The van der Waals surface area contributed by atoms with Crippen LogP contribution in [0.3, 0.4) is 0 Å². The Bertz CT molecular complexity index is 749. The fourth-order valence-corrected chi connectivity index (χ4v) is 3.88. The van der Waals surface area contributed by atoms with E-state index < -0.39 is 0 Å². The highest BCUT2D eigenvalue weighted by atomic mass is 16.5. The summed E-state index contributed by atoms with van der Waals surface area (Å²) in [6.07, 6.45) is 2.11. The second-order valence-electron chi connectivity index (χ2n) is 6.82. The minimum Gasteiger partial charge on any atom is -0.378 e. The summed E-state index contributed by atoms with van der Waals surface area (Å²) in [6, 6.07) is 14.0. The SMILES string of the molecule is CCOC1CCOC2(C1)CN(C(=O)c1ccc3ccccc3c1)C2. The van der Waals surface area contributed by atoms with Crippen molar-refractivity contribution in [1.82, 2.24) is 4.90 Å². The third-order valence-corrected chi connectivity index (χ3v) is 5.09. The zero-order chi connectivity index (χ0) is 16.6. The first-order valence-corrected chi connectivity index (χ1v) is 8.73. The lowest BCUT2D eigenvalue weighted by Gasteiger charge is -2.53. The van der Waals surface area contributed by atoms with E-state index >= 15 is 0 Å². The minimum atomic E-state index is -0.190. The maximum atomic E-state index is 12.7. The van der Waals surface area contributed by atoms with E-state index in [4.69, 9.17) is 9.47 Å². The fourth-order valence-electron chi connectivity index (χ4n) is 3.88. The smallest absolute Gasteiger partial charge is 0.254 e. The minimum absolute atomic E-state index is 0.0912. The topological polar surface area (TPSA) is 38.8 Å². The molecule has 0 radical (unpaired) electrons. The van der Waals surface area contributed by atoms with Gasteiger partial charge in [-0.05, 0) is 36.2 Å². The zero-order valence-electron chi connectivity index (χ0n) is 14.0. The van der Waals surface area contributed by atoms with Crippen molar-refractivity contribution < 1.29 is 14.3 Å². The summed E-state index contributed by atoms with van der Waals surface area (Å²) in [5.41, 5.74) is 0.561. The van der Waals surface area contributed by atoms with Crippen molar-refractivity contribution >= 4 is 16.7 Å². The highest BCUT2D eigenvalue weighted by Crippen LogP contribution is 2.36. The molecular weight excluding hydrogens is 302 g/mol. The molecule has 2 aliphatic rings. The van der Waals surface area contributed by atoms with Crippen LogP contribution in [0.15, 0.2) is 42.5 Å². The van der Waals surface area contributed by atoms with E-state index in [1.807, 2.05) is 48.2 Å². The third kappa shape index (κ3) is 2.80. The van der Waals surface area contributed by atoms with Crippen LogP contribution in [0.5, 0.6) is 0 Å². The normalized spacial score (nSPS) is 22.5. The Morgan fingerprint density at radius 3 is 2.83 bits per heavy atom. The molecule has 0 aromatic heterocycles. The Morgan fingerprint density at radius 1 is 1.25 bits per heavy atom. The first-order valence-electron chi connectivity index (χ1n) is 8.73. The van der Waals surface area contributed by atoms with Crippen LogP contribution < -0.4 is 0 Å². The van der Waals surface area contributed by atoms with E-state index in [1.165, 1.54) is 0 Å². The number of amides is 1. The van der Waals surface area contributed by atoms with E-state index in [0.717, 1.165) is 42.4 Å². The van der Waals surface area contributed by atoms with Crippen LogP contribution in [0.2, 0.25) is 0 Å². The van der Waals surface area contributed by atoms with Gasteiger partial charge in [0.05, 0.1) is 19.2 Å². The maximum Gasteiger partial charge on any atom is 0.254 e. The number of benzene rings is 2. The van der Waals surface area contributed by atoms with Gasteiger partial charge in [-0.25, -0.2) is 0 Å². The Hall–Kier alpha value is -1.91. The Balaban J connectivity index is 1.44. The fraction of sp³-hybridized carbons (Fsp3) is 0.450. The van der Waals surface area contributed by atoms with Gasteiger partial charge in [0.25, 0.3) is 5.91 Å². The molecule has 126 valence electrons. The van der Waals surface area contributed by atoms with Crippen molar-refractivity contribution in [3.8, 4) is 0 Å². The van der Waals surface area contributed by atoms with E-state index in [2.05, 4.69) is 6.07 Å². The molecule has 2 heterocycles. The molecule has 1 atom stereocenters. The van der Waals surface area contributed by atoms with E-state index in [9.17, 15) is 4.79 Å². The second kappa shape index (κ2) is 6.19. The summed E-state index contributed by atoms with van der Waals surface area (Å²) >= 11 is 0. The average Bonchev–Trinajstić information content (AvgIpc) is 2.59. The standard InChI is InChI=1S/C20H23NO3/c1-2-23-18-9-10-24-20(12-18)13-21(14-20)19(22)17-8-7-15-5-3-4-6-16(15)11-17/h3-8,11,18H,2,9-10,12-14H2,1H3. The van der Waals surface area contributed by atoms with Crippen molar-refractivity contribution in [2.75, 3.05) is 26.3 Å². The van der Waals surface area contributed by atoms with Crippen LogP contribution in [0, 0.1) is 0 Å². The lowest BCUT2D eigenvalue weighted by Crippen LogP contribution is -2.67. The summed E-state index contributed by atoms with van der Waals surface area (Å²) in [4.78, 5) is 14.6. The van der Waals surface area contributed by atoms with Gasteiger partial charge in [-0.3, -0.25) is 4.79 Å². The molecule has 4 nitrogen and oxygen atoms in total. The van der Waals surface area contributed by atoms with Gasteiger partial charge in [-0.2, -0.15) is 0 Å². The van der Waals surface area contributed by atoms with Gasteiger partial charge in [-0.15, -0.1) is 0 Å². The lowest BCUT2D eigenvalue weighted by molar-refractivity contribution is -0.185. The quantitative estimate of drug-likeness (QED) is 0.869. The van der Waals surface area contributed by atoms with Crippen LogP contribution in [0.1, 0.15) is 30.1 Å². The van der Waals surface area contributed by atoms with Gasteiger partial charge in [0.1, 0.15) is 5.60 Å². The van der Waals surface area contributed by atoms with E-state index in [1.54, 1.807) is 0 Å². The molecular formula is C20H23NO3. The molecule has 2 fully saturated rings. The van der Waals surface area contributed by atoms with Crippen LogP contribution in [-0.4, -0.2) is 48.8 Å². The van der Waals surface area contributed by atoms with Crippen molar-refractivity contribution in [2.24, 2.45) is 0 Å². The van der Waals surface area contributed by atoms with Gasteiger partial charge in [0, 0.05) is 25.2 Å². The average molecular weight is 325 g/mol. The Kier molecular flexibility index (Phi) is 4.02. The first kappa shape index (κ1) is 15.6. The molecule has 2 saturated heterocycles. The monoisotopic (exact) mass is 325 g/mol. The number of fused-ring (bicyclic) bond motifs is 1. The summed E-state index contributed by atoms with van der Waals surface area (Å²) < 4.78 is 11.7. The lowest BCUT2D eigenvalue weighted by atomic mass is 9.84.